The third kappa shape index (κ3) is 6.39. The number of nitrogens with one attached hydrogen (secondary N) is 1. The van der Waals surface area contributed by atoms with E-state index in [1.165, 1.54) is 23.5 Å². The van der Waals surface area contributed by atoms with Gasteiger partial charge < -0.3 is 10.1 Å². The van der Waals surface area contributed by atoms with E-state index in [1.807, 2.05) is 37.3 Å². The van der Waals surface area contributed by atoms with Crippen molar-refractivity contribution in [1.29, 1.82) is 0 Å². The normalized spacial score (nSPS) is 12.9. The van der Waals surface area contributed by atoms with Crippen molar-refractivity contribution >= 4 is 15.9 Å². The summed E-state index contributed by atoms with van der Waals surface area (Å²) in [7, 11) is -2.10. The molecular formula is C22H30N2O4S. The predicted octanol–water partition coefficient (Wildman–Crippen LogP) is 3.61. The highest BCUT2D eigenvalue weighted by Crippen LogP contribution is 2.18. The number of ether oxygens (including phenoxy) is 1. The summed E-state index contributed by atoms with van der Waals surface area (Å²) in [4.78, 5) is 12.5. The largest absolute Gasteiger partial charge is 0.374 e. The Bertz CT molecular complexity index is 898. The van der Waals surface area contributed by atoms with E-state index in [2.05, 4.69) is 5.32 Å². The minimum Gasteiger partial charge on any atom is -0.374 e. The molecule has 1 atom stereocenters. The Morgan fingerprint density at radius 2 is 1.76 bits per heavy atom. The van der Waals surface area contributed by atoms with Crippen LogP contribution >= 0.6 is 0 Å². The standard InChI is InChI=1S/C22H30N2O4S/c1-17(2)24(4)29(26,27)21-13-8-12-20(16-21)22(25)23-14-9-15-28-18(3)19-10-6-5-7-11-19/h5-8,10-13,16-18H,9,14-15H2,1-4H3,(H,23,25). The summed E-state index contributed by atoms with van der Waals surface area (Å²) in [6.07, 6.45) is 0.656. The fraction of sp³-hybridized carbons (Fsp3) is 0.409. The van der Waals surface area contributed by atoms with Crippen molar-refractivity contribution in [2.24, 2.45) is 0 Å². The Morgan fingerprint density at radius 3 is 2.41 bits per heavy atom. The Balaban J connectivity index is 1.85. The van der Waals surface area contributed by atoms with Crippen molar-refractivity contribution in [3.63, 3.8) is 0 Å². The summed E-state index contributed by atoms with van der Waals surface area (Å²) in [5, 5.41) is 2.82. The van der Waals surface area contributed by atoms with Crippen molar-refractivity contribution in [3.05, 3.63) is 65.7 Å². The molecule has 29 heavy (non-hydrogen) atoms. The maximum atomic E-state index is 12.6. The van der Waals surface area contributed by atoms with E-state index in [0.717, 1.165) is 5.56 Å². The molecule has 0 spiro atoms. The van der Waals surface area contributed by atoms with Crippen LogP contribution in [0.2, 0.25) is 0 Å². The minimum absolute atomic E-state index is 0.00765. The smallest absolute Gasteiger partial charge is 0.251 e. The SMILES string of the molecule is CC(OCCCNC(=O)c1cccc(S(=O)(=O)N(C)C(C)C)c1)c1ccccc1. The fourth-order valence-electron chi connectivity index (χ4n) is 2.70. The van der Waals surface area contributed by atoms with Gasteiger partial charge in [-0.15, -0.1) is 0 Å². The number of sulfonamides is 1. The zero-order valence-electron chi connectivity index (χ0n) is 17.5. The summed E-state index contributed by atoms with van der Waals surface area (Å²) >= 11 is 0. The van der Waals surface area contributed by atoms with Gasteiger partial charge in [0.1, 0.15) is 0 Å². The van der Waals surface area contributed by atoms with E-state index in [0.29, 0.717) is 25.1 Å². The van der Waals surface area contributed by atoms with Gasteiger partial charge in [-0.2, -0.15) is 4.31 Å². The maximum Gasteiger partial charge on any atom is 0.251 e. The van der Waals surface area contributed by atoms with E-state index in [-0.39, 0.29) is 22.9 Å². The van der Waals surface area contributed by atoms with Crippen LogP contribution in [0.1, 0.15) is 49.2 Å². The van der Waals surface area contributed by atoms with E-state index in [1.54, 1.807) is 26.0 Å². The molecule has 0 radical (unpaired) electrons. The van der Waals surface area contributed by atoms with E-state index >= 15 is 0 Å². The van der Waals surface area contributed by atoms with Crippen LogP contribution < -0.4 is 5.32 Å². The van der Waals surface area contributed by atoms with Gasteiger partial charge in [-0.25, -0.2) is 8.42 Å². The highest BCUT2D eigenvalue weighted by Gasteiger charge is 2.23. The Kier molecular flexibility index (Phi) is 8.37. The second kappa shape index (κ2) is 10.5. The van der Waals surface area contributed by atoms with Crippen LogP contribution in [0.15, 0.2) is 59.5 Å². The van der Waals surface area contributed by atoms with Crippen LogP contribution in [-0.4, -0.2) is 44.9 Å². The Labute approximate surface area is 173 Å². The van der Waals surface area contributed by atoms with Gasteiger partial charge in [0.15, 0.2) is 0 Å². The second-order valence-corrected chi connectivity index (χ2v) is 9.17. The lowest BCUT2D eigenvalue weighted by molar-refractivity contribution is 0.0635. The molecule has 158 valence electrons. The van der Waals surface area contributed by atoms with Gasteiger partial charge in [0.25, 0.3) is 5.91 Å². The third-order valence-corrected chi connectivity index (χ3v) is 6.77. The molecule has 2 aromatic rings. The maximum absolute atomic E-state index is 12.6. The summed E-state index contributed by atoms with van der Waals surface area (Å²) in [5.41, 5.74) is 1.43. The average molecular weight is 419 g/mol. The van der Waals surface area contributed by atoms with Gasteiger partial charge in [0, 0.05) is 31.8 Å². The molecule has 7 heteroatoms. The summed E-state index contributed by atoms with van der Waals surface area (Å²) < 4.78 is 32.3. The van der Waals surface area contributed by atoms with Gasteiger partial charge in [-0.05, 0) is 51.0 Å². The molecule has 0 aliphatic rings. The third-order valence-electron chi connectivity index (χ3n) is 4.74. The highest BCUT2D eigenvalue weighted by atomic mass is 32.2. The lowest BCUT2D eigenvalue weighted by Crippen LogP contribution is -2.33. The first-order chi connectivity index (χ1) is 13.7. The lowest BCUT2D eigenvalue weighted by atomic mass is 10.1. The van der Waals surface area contributed by atoms with Crippen LogP contribution in [0.3, 0.4) is 0 Å². The molecule has 0 saturated carbocycles. The monoisotopic (exact) mass is 418 g/mol. The van der Waals surface area contributed by atoms with Crippen molar-refractivity contribution < 1.29 is 17.9 Å². The topological polar surface area (TPSA) is 75.7 Å². The molecule has 0 aliphatic carbocycles. The van der Waals surface area contributed by atoms with Crippen LogP contribution in [0.4, 0.5) is 0 Å². The summed E-state index contributed by atoms with van der Waals surface area (Å²) in [6, 6.07) is 15.9. The number of hydrogen-bond donors (Lipinski definition) is 1. The fourth-order valence-corrected chi connectivity index (χ4v) is 4.11. The second-order valence-electron chi connectivity index (χ2n) is 7.18. The zero-order valence-corrected chi connectivity index (χ0v) is 18.3. The van der Waals surface area contributed by atoms with E-state index in [4.69, 9.17) is 4.74 Å². The lowest BCUT2D eigenvalue weighted by Gasteiger charge is -2.21. The van der Waals surface area contributed by atoms with E-state index < -0.39 is 10.0 Å². The summed E-state index contributed by atoms with van der Waals surface area (Å²) in [5.74, 6) is -0.301. The molecule has 2 aromatic carbocycles. The van der Waals surface area contributed by atoms with Crippen molar-refractivity contribution in [2.45, 2.75) is 44.2 Å². The molecule has 0 heterocycles. The molecule has 0 aromatic heterocycles. The van der Waals surface area contributed by atoms with E-state index in [9.17, 15) is 13.2 Å². The molecule has 0 fully saturated rings. The summed E-state index contributed by atoms with van der Waals surface area (Å²) in [6.45, 7) is 6.56. The molecule has 0 saturated heterocycles. The van der Waals surface area contributed by atoms with Crippen LogP contribution in [-0.2, 0) is 14.8 Å². The number of rotatable bonds is 10. The van der Waals surface area contributed by atoms with Crippen LogP contribution in [0.5, 0.6) is 0 Å². The van der Waals surface area contributed by atoms with Gasteiger partial charge in [-0.1, -0.05) is 36.4 Å². The average Bonchev–Trinajstić information content (AvgIpc) is 2.73. The van der Waals surface area contributed by atoms with Crippen LogP contribution in [0, 0.1) is 0 Å². The number of nitrogens with zero attached hydrogens (tertiary/aromatic N) is 1. The van der Waals surface area contributed by atoms with Crippen molar-refractivity contribution in [3.8, 4) is 0 Å². The first kappa shape index (κ1) is 23.1. The first-order valence-corrected chi connectivity index (χ1v) is 11.2. The number of amides is 1. The predicted molar refractivity (Wildman–Crippen MR) is 114 cm³/mol. The Morgan fingerprint density at radius 1 is 1.07 bits per heavy atom. The zero-order chi connectivity index (χ0) is 21.4. The van der Waals surface area contributed by atoms with Crippen LogP contribution in [0.25, 0.3) is 0 Å². The molecular weight excluding hydrogens is 388 g/mol. The van der Waals surface area contributed by atoms with Crippen molar-refractivity contribution in [2.75, 3.05) is 20.2 Å². The number of carbonyl (C=O) groups is 1. The molecule has 1 unspecified atom stereocenters. The number of carbonyl (C=O) groups excluding carboxylic acids is 1. The minimum atomic E-state index is -3.63. The van der Waals surface area contributed by atoms with Gasteiger partial charge in [0.2, 0.25) is 10.0 Å². The first-order valence-electron chi connectivity index (χ1n) is 9.76. The quantitative estimate of drug-likeness (QED) is 0.598. The molecule has 2 rings (SSSR count). The number of hydrogen-bond acceptors (Lipinski definition) is 4. The molecule has 1 N–H and O–H groups in total. The molecule has 6 nitrogen and oxygen atoms in total. The highest BCUT2D eigenvalue weighted by molar-refractivity contribution is 7.89. The molecule has 1 amide bonds. The number of benzene rings is 2. The van der Waals surface area contributed by atoms with Gasteiger partial charge in [0.05, 0.1) is 11.0 Å². The van der Waals surface area contributed by atoms with Crippen molar-refractivity contribution in [1.82, 2.24) is 9.62 Å². The molecule has 0 aliphatic heterocycles. The van der Waals surface area contributed by atoms with Gasteiger partial charge >= 0.3 is 0 Å². The Hall–Kier alpha value is -2.22. The van der Waals surface area contributed by atoms with Gasteiger partial charge in [-0.3, -0.25) is 4.79 Å². The molecule has 0 bridgehead atoms.